The Kier molecular flexibility index (Phi) is 3.90. The molecule has 2 heterocycles. The molecule has 1 aromatic carbocycles. The molecule has 2 saturated heterocycles. The third-order valence-corrected chi connectivity index (χ3v) is 5.90. The monoisotopic (exact) mass is 332 g/mol. The molecule has 2 aliphatic heterocycles. The minimum atomic E-state index is -0.274. The van der Waals surface area contributed by atoms with E-state index in [-0.39, 0.29) is 17.9 Å². The molecule has 23 heavy (non-hydrogen) atoms. The van der Waals surface area contributed by atoms with Crippen LogP contribution in [0, 0.1) is 11.8 Å². The SMILES string of the molecule is O=C1C[C@H](N2C[C@H]3CCCC[C@@H]3C2)C(=O)N1c1ccc(Cl)cc1. The van der Waals surface area contributed by atoms with E-state index in [2.05, 4.69) is 4.90 Å². The highest BCUT2D eigenvalue weighted by atomic mass is 35.5. The van der Waals surface area contributed by atoms with Gasteiger partial charge in [0.25, 0.3) is 5.91 Å². The molecule has 1 aliphatic carbocycles. The first-order chi connectivity index (χ1) is 11.1. The van der Waals surface area contributed by atoms with Gasteiger partial charge in [0.05, 0.1) is 18.2 Å². The van der Waals surface area contributed by atoms with Crippen LogP contribution in [0.25, 0.3) is 0 Å². The normalized spacial score (nSPS) is 31.7. The Morgan fingerprint density at radius 3 is 2.17 bits per heavy atom. The molecular weight excluding hydrogens is 312 g/mol. The number of likely N-dealkylation sites (tertiary alicyclic amines) is 1. The van der Waals surface area contributed by atoms with Crippen LogP contribution < -0.4 is 4.90 Å². The van der Waals surface area contributed by atoms with E-state index in [9.17, 15) is 9.59 Å². The van der Waals surface area contributed by atoms with Crippen LogP contribution in [0.2, 0.25) is 5.02 Å². The molecule has 3 atom stereocenters. The van der Waals surface area contributed by atoms with Crippen LogP contribution in [-0.4, -0.2) is 35.8 Å². The lowest BCUT2D eigenvalue weighted by atomic mass is 9.82. The van der Waals surface area contributed by atoms with Gasteiger partial charge in [-0.15, -0.1) is 0 Å². The van der Waals surface area contributed by atoms with Gasteiger partial charge in [-0.2, -0.15) is 0 Å². The topological polar surface area (TPSA) is 40.6 Å². The predicted molar refractivity (Wildman–Crippen MR) is 89.4 cm³/mol. The molecular formula is C18H21ClN2O2. The van der Waals surface area contributed by atoms with Gasteiger partial charge >= 0.3 is 0 Å². The quantitative estimate of drug-likeness (QED) is 0.781. The van der Waals surface area contributed by atoms with Crippen molar-refractivity contribution < 1.29 is 9.59 Å². The maximum absolute atomic E-state index is 12.8. The fourth-order valence-corrected chi connectivity index (χ4v) is 4.59. The van der Waals surface area contributed by atoms with Crippen LogP contribution in [-0.2, 0) is 9.59 Å². The number of carbonyl (C=O) groups excluding carboxylic acids is 2. The summed E-state index contributed by atoms with van der Waals surface area (Å²) in [6, 6.07) is 6.64. The lowest BCUT2D eigenvalue weighted by molar-refractivity contribution is -0.122. The van der Waals surface area contributed by atoms with Crippen molar-refractivity contribution >= 4 is 29.1 Å². The van der Waals surface area contributed by atoms with Crippen molar-refractivity contribution in [2.45, 2.75) is 38.1 Å². The summed E-state index contributed by atoms with van der Waals surface area (Å²) in [6.45, 7) is 1.95. The molecule has 0 spiro atoms. The third-order valence-electron chi connectivity index (χ3n) is 5.65. The molecule has 122 valence electrons. The van der Waals surface area contributed by atoms with E-state index in [1.54, 1.807) is 24.3 Å². The number of benzene rings is 1. The zero-order chi connectivity index (χ0) is 16.0. The fourth-order valence-electron chi connectivity index (χ4n) is 4.46. The van der Waals surface area contributed by atoms with Crippen LogP contribution in [0.3, 0.4) is 0 Å². The lowest BCUT2D eigenvalue weighted by Crippen LogP contribution is -2.41. The van der Waals surface area contributed by atoms with Gasteiger partial charge in [-0.05, 0) is 48.9 Å². The smallest absolute Gasteiger partial charge is 0.251 e. The molecule has 3 aliphatic rings. The molecule has 3 fully saturated rings. The molecule has 5 heteroatoms. The Morgan fingerprint density at radius 2 is 1.57 bits per heavy atom. The second-order valence-corrected chi connectivity index (χ2v) is 7.46. The average Bonchev–Trinajstić information content (AvgIpc) is 3.09. The number of nitrogens with zero attached hydrogens (tertiary/aromatic N) is 2. The standard InChI is InChI=1S/C18H21ClN2O2/c19-14-5-7-15(8-6-14)21-17(22)9-16(18(21)23)20-10-12-3-1-2-4-13(12)11-20/h5-8,12-13,16H,1-4,9-11H2/t12-,13-,16+/m1/s1. The second kappa shape index (κ2) is 5.91. The Hall–Kier alpha value is -1.39. The molecule has 0 N–H and O–H groups in total. The lowest BCUT2D eigenvalue weighted by Gasteiger charge is -2.23. The van der Waals surface area contributed by atoms with Crippen LogP contribution in [0.1, 0.15) is 32.1 Å². The summed E-state index contributed by atoms with van der Waals surface area (Å²) < 4.78 is 0. The van der Waals surface area contributed by atoms with Crippen molar-refractivity contribution in [2.75, 3.05) is 18.0 Å². The van der Waals surface area contributed by atoms with Crippen molar-refractivity contribution in [3.8, 4) is 0 Å². The Balaban J connectivity index is 1.52. The van der Waals surface area contributed by atoms with Crippen molar-refractivity contribution in [3.63, 3.8) is 0 Å². The summed E-state index contributed by atoms with van der Waals surface area (Å²) in [6.07, 6.45) is 5.47. The van der Waals surface area contributed by atoms with Gasteiger partial charge in [0, 0.05) is 18.1 Å². The number of amides is 2. The minimum Gasteiger partial charge on any atom is -0.291 e. The van der Waals surface area contributed by atoms with Gasteiger partial charge in [0.15, 0.2) is 0 Å². The molecule has 4 nitrogen and oxygen atoms in total. The maximum Gasteiger partial charge on any atom is 0.251 e. The molecule has 4 rings (SSSR count). The van der Waals surface area contributed by atoms with E-state index < -0.39 is 0 Å². The first kappa shape index (κ1) is 15.2. The van der Waals surface area contributed by atoms with E-state index in [0.29, 0.717) is 17.1 Å². The van der Waals surface area contributed by atoms with E-state index in [4.69, 9.17) is 11.6 Å². The molecule has 0 bridgehead atoms. The molecule has 0 radical (unpaired) electrons. The highest BCUT2D eigenvalue weighted by Crippen LogP contribution is 2.38. The zero-order valence-corrected chi connectivity index (χ0v) is 13.8. The number of halogens is 1. The summed E-state index contributed by atoms with van der Waals surface area (Å²) in [7, 11) is 0. The summed E-state index contributed by atoms with van der Waals surface area (Å²) in [4.78, 5) is 28.8. The van der Waals surface area contributed by atoms with Crippen LogP contribution >= 0.6 is 11.6 Å². The molecule has 0 unspecified atom stereocenters. The van der Waals surface area contributed by atoms with Gasteiger partial charge in [-0.1, -0.05) is 24.4 Å². The molecule has 0 aromatic heterocycles. The number of carbonyl (C=O) groups is 2. The van der Waals surface area contributed by atoms with Gasteiger partial charge in [-0.3, -0.25) is 14.5 Å². The number of imide groups is 1. The van der Waals surface area contributed by atoms with E-state index in [1.165, 1.54) is 30.6 Å². The molecule has 1 aromatic rings. The number of anilines is 1. The number of hydrogen-bond donors (Lipinski definition) is 0. The van der Waals surface area contributed by atoms with E-state index in [1.807, 2.05) is 0 Å². The largest absolute Gasteiger partial charge is 0.291 e. The van der Waals surface area contributed by atoms with Gasteiger partial charge < -0.3 is 0 Å². The maximum atomic E-state index is 12.8. The van der Waals surface area contributed by atoms with Crippen LogP contribution in [0.5, 0.6) is 0 Å². The highest BCUT2D eigenvalue weighted by Gasteiger charge is 2.46. The zero-order valence-electron chi connectivity index (χ0n) is 13.1. The van der Waals surface area contributed by atoms with Crippen molar-refractivity contribution in [1.29, 1.82) is 0 Å². The van der Waals surface area contributed by atoms with Gasteiger partial charge in [0.2, 0.25) is 5.91 Å². The highest BCUT2D eigenvalue weighted by molar-refractivity contribution is 6.30. The number of rotatable bonds is 2. The first-order valence-electron chi connectivity index (χ1n) is 8.50. The Bertz CT molecular complexity index is 616. The van der Waals surface area contributed by atoms with Gasteiger partial charge in [-0.25, -0.2) is 4.90 Å². The Morgan fingerprint density at radius 1 is 0.957 bits per heavy atom. The average molecular weight is 333 g/mol. The number of fused-ring (bicyclic) bond motifs is 1. The second-order valence-electron chi connectivity index (χ2n) is 7.02. The molecule has 1 saturated carbocycles. The summed E-state index contributed by atoms with van der Waals surface area (Å²) >= 11 is 5.90. The first-order valence-corrected chi connectivity index (χ1v) is 8.87. The molecule has 2 amide bonds. The van der Waals surface area contributed by atoms with Crippen molar-refractivity contribution in [1.82, 2.24) is 4.90 Å². The minimum absolute atomic E-state index is 0.0732. The number of hydrogen-bond acceptors (Lipinski definition) is 3. The summed E-state index contributed by atoms with van der Waals surface area (Å²) in [5.74, 6) is 1.26. The fraction of sp³-hybridized carbons (Fsp3) is 0.556. The van der Waals surface area contributed by atoms with Gasteiger partial charge in [0.1, 0.15) is 0 Å². The van der Waals surface area contributed by atoms with Crippen LogP contribution in [0.15, 0.2) is 24.3 Å². The van der Waals surface area contributed by atoms with Crippen molar-refractivity contribution in [2.24, 2.45) is 11.8 Å². The van der Waals surface area contributed by atoms with Crippen molar-refractivity contribution in [3.05, 3.63) is 29.3 Å². The summed E-state index contributed by atoms with van der Waals surface area (Å²) in [5, 5.41) is 0.605. The Labute approximate surface area is 141 Å². The van der Waals surface area contributed by atoms with E-state index in [0.717, 1.165) is 24.9 Å². The third kappa shape index (κ3) is 2.68. The van der Waals surface area contributed by atoms with Crippen LogP contribution in [0.4, 0.5) is 5.69 Å². The predicted octanol–water partition coefficient (Wildman–Crippen LogP) is 3.09. The van der Waals surface area contributed by atoms with E-state index >= 15 is 0 Å². The summed E-state index contributed by atoms with van der Waals surface area (Å²) in [5.41, 5.74) is 0.628.